The lowest BCUT2D eigenvalue weighted by atomic mass is 9.73. The summed E-state index contributed by atoms with van der Waals surface area (Å²) in [7, 11) is 0. The Balaban J connectivity index is 2.74. The summed E-state index contributed by atoms with van der Waals surface area (Å²) in [6.45, 7) is 13.3. The zero-order valence-corrected chi connectivity index (χ0v) is 13.1. The van der Waals surface area contributed by atoms with E-state index < -0.39 is 0 Å². The summed E-state index contributed by atoms with van der Waals surface area (Å²) in [6.07, 6.45) is 5.86. The van der Waals surface area contributed by atoms with E-state index in [4.69, 9.17) is 0 Å². The Morgan fingerprint density at radius 3 is 2.00 bits per heavy atom. The summed E-state index contributed by atoms with van der Waals surface area (Å²) in [4.78, 5) is 2.44. The van der Waals surface area contributed by atoms with Crippen molar-refractivity contribution in [2.45, 2.75) is 78.4 Å². The number of aliphatic hydroxyl groups excluding tert-OH is 1. The molecule has 1 saturated carbocycles. The maximum Gasteiger partial charge on any atom is 0.0749 e. The molecule has 2 nitrogen and oxygen atoms in total. The molecule has 0 aromatic carbocycles. The average molecular weight is 255 g/mol. The number of hydrogen-bond acceptors (Lipinski definition) is 2. The molecule has 2 heteroatoms. The van der Waals surface area contributed by atoms with E-state index in [0.29, 0.717) is 5.92 Å². The highest BCUT2D eigenvalue weighted by molar-refractivity contribution is 4.95. The molecule has 0 aromatic rings. The van der Waals surface area contributed by atoms with Gasteiger partial charge >= 0.3 is 0 Å². The maximum atomic E-state index is 10.9. The van der Waals surface area contributed by atoms with Gasteiger partial charge in [0.05, 0.1) is 6.10 Å². The second-order valence-electron chi connectivity index (χ2n) is 6.35. The van der Waals surface area contributed by atoms with Crippen LogP contribution in [0.3, 0.4) is 0 Å². The summed E-state index contributed by atoms with van der Waals surface area (Å²) in [5.41, 5.74) is -0.0469. The first-order valence-corrected chi connectivity index (χ1v) is 7.92. The second kappa shape index (κ2) is 6.91. The molecule has 108 valence electrons. The average Bonchev–Trinajstić information content (AvgIpc) is 2.39. The highest BCUT2D eigenvalue weighted by Gasteiger charge is 2.40. The fourth-order valence-corrected chi connectivity index (χ4v) is 3.68. The fourth-order valence-electron chi connectivity index (χ4n) is 3.68. The number of aliphatic hydroxyl groups is 1. The smallest absolute Gasteiger partial charge is 0.0749 e. The molecule has 0 spiro atoms. The number of hydrogen-bond donors (Lipinski definition) is 1. The molecule has 0 amide bonds. The van der Waals surface area contributed by atoms with Crippen LogP contribution in [0.2, 0.25) is 0 Å². The van der Waals surface area contributed by atoms with E-state index >= 15 is 0 Å². The van der Waals surface area contributed by atoms with Crippen LogP contribution in [-0.4, -0.2) is 34.7 Å². The van der Waals surface area contributed by atoms with Crippen LogP contribution in [0, 0.1) is 11.8 Å². The van der Waals surface area contributed by atoms with Gasteiger partial charge in [-0.3, -0.25) is 4.90 Å². The Morgan fingerprint density at radius 1 is 1.11 bits per heavy atom. The normalized spacial score (nSPS) is 30.2. The van der Waals surface area contributed by atoms with Crippen molar-refractivity contribution >= 4 is 0 Å². The van der Waals surface area contributed by atoms with E-state index in [1.165, 1.54) is 25.7 Å². The van der Waals surface area contributed by atoms with Gasteiger partial charge in [-0.2, -0.15) is 0 Å². The van der Waals surface area contributed by atoms with E-state index in [-0.39, 0.29) is 11.6 Å². The van der Waals surface area contributed by atoms with E-state index in [1.54, 1.807) is 0 Å². The maximum absolute atomic E-state index is 10.9. The highest BCUT2D eigenvalue weighted by Crippen LogP contribution is 2.37. The van der Waals surface area contributed by atoms with E-state index in [0.717, 1.165) is 25.4 Å². The second-order valence-corrected chi connectivity index (χ2v) is 6.35. The van der Waals surface area contributed by atoms with E-state index in [9.17, 15) is 5.11 Å². The SMILES string of the molecule is CCN(CC)C(C)(CC)C(O)C1CCC(C)CC1. The quantitative estimate of drug-likeness (QED) is 0.782. The predicted molar refractivity (Wildman–Crippen MR) is 78.7 cm³/mol. The lowest BCUT2D eigenvalue weighted by Gasteiger charge is -2.47. The van der Waals surface area contributed by atoms with Crippen LogP contribution in [0.1, 0.15) is 66.7 Å². The molecule has 0 saturated heterocycles. The van der Waals surface area contributed by atoms with Gasteiger partial charge in [0.1, 0.15) is 0 Å². The Hall–Kier alpha value is -0.0800. The zero-order valence-electron chi connectivity index (χ0n) is 13.1. The van der Waals surface area contributed by atoms with Crippen molar-refractivity contribution in [3.05, 3.63) is 0 Å². The predicted octanol–water partition coefficient (Wildman–Crippen LogP) is 3.68. The van der Waals surface area contributed by atoms with Crippen LogP contribution < -0.4 is 0 Å². The van der Waals surface area contributed by atoms with Crippen molar-refractivity contribution in [2.24, 2.45) is 11.8 Å². The van der Waals surface area contributed by atoms with Crippen molar-refractivity contribution in [2.75, 3.05) is 13.1 Å². The standard InChI is InChI=1S/C16H33NO/c1-6-16(5,17(7-2)8-3)15(18)14-11-9-13(4)10-12-14/h13-15,18H,6-12H2,1-5H3. The van der Waals surface area contributed by atoms with Crippen LogP contribution in [0.15, 0.2) is 0 Å². The molecule has 0 radical (unpaired) electrons. The molecular formula is C16H33NO. The molecule has 1 aliphatic carbocycles. The molecule has 1 fully saturated rings. The molecule has 0 bridgehead atoms. The molecule has 1 rings (SSSR count). The minimum absolute atomic E-state index is 0.0469. The summed E-state index contributed by atoms with van der Waals surface area (Å²) in [5, 5.41) is 10.9. The molecule has 0 heterocycles. The topological polar surface area (TPSA) is 23.5 Å². The molecule has 2 atom stereocenters. The van der Waals surface area contributed by atoms with Crippen LogP contribution >= 0.6 is 0 Å². The van der Waals surface area contributed by atoms with Crippen molar-refractivity contribution < 1.29 is 5.11 Å². The van der Waals surface area contributed by atoms with Gasteiger partial charge in [0, 0.05) is 5.54 Å². The van der Waals surface area contributed by atoms with E-state index in [1.807, 2.05) is 0 Å². The van der Waals surface area contributed by atoms with Gasteiger partial charge in [0.2, 0.25) is 0 Å². The lowest BCUT2D eigenvalue weighted by molar-refractivity contribution is -0.0614. The summed E-state index contributed by atoms with van der Waals surface area (Å²) < 4.78 is 0. The van der Waals surface area contributed by atoms with Crippen LogP contribution in [0.25, 0.3) is 0 Å². The zero-order chi connectivity index (χ0) is 13.8. The molecule has 0 aliphatic heterocycles. The Labute approximate surface area is 114 Å². The lowest BCUT2D eigenvalue weighted by Crippen LogP contribution is -2.57. The molecule has 0 aromatic heterocycles. The first-order valence-electron chi connectivity index (χ1n) is 7.92. The number of nitrogens with zero attached hydrogens (tertiary/aromatic N) is 1. The Kier molecular flexibility index (Phi) is 6.13. The number of likely N-dealkylation sites (N-methyl/N-ethyl adjacent to an activating group) is 1. The molecular weight excluding hydrogens is 222 g/mol. The van der Waals surface area contributed by atoms with Gasteiger partial charge in [-0.1, -0.05) is 40.5 Å². The van der Waals surface area contributed by atoms with Gasteiger partial charge in [-0.25, -0.2) is 0 Å². The van der Waals surface area contributed by atoms with Gasteiger partial charge < -0.3 is 5.11 Å². The third-order valence-corrected chi connectivity index (χ3v) is 5.35. The first-order chi connectivity index (χ1) is 8.49. The van der Waals surface area contributed by atoms with Gasteiger partial charge in [-0.15, -0.1) is 0 Å². The summed E-state index contributed by atoms with van der Waals surface area (Å²) in [5.74, 6) is 1.36. The van der Waals surface area contributed by atoms with Crippen molar-refractivity contribution in [3.8, 4) is 0 Å². The Morgan fingerprint density at radius 2 is 1.61 bits per heavy atom. The Bertz CT molecular complexity index is 231. The van der Waals surface area contributed by atoms with Crippen LogP contribution in [0.5, 0.6) is 0 Å². The minimum atomic E-state index is -0.171. The van der Waals surface area contributed by atoms with Crippen LogP contribution in [-0.2, 0) is 0 Å². The first kappa shape index (κ1) is 16.0. The van der Waals surface area contributed by atoms with Gasteiger partial charge in [-0.05, 0) is 51.1 Å². The number of rotatable bonds is 6. The monoisotopic (exact) mass is 255 g/mol. The highest BCUT2D eigenvalue weighted by atomic mass is 16.3. The van der Waals surface area contributed by atoms with Gasteiger partial charge in [0.15, 0.2) is 0 Å². The van der Waals surface area contributed by atoms with Crippen molar-refractivity contribution in [1.29, 1.82) is 0 Å². The molecule has 18 heavy (non-hydrogen) atoms. The van der Waals surface area contributed by atoms with Crippen molar-refractivity contribution in [1.82, 2.24) is 4.90 Å². The third-order valence-electron chi connectivity index (χ3n) is 5.35. The summed E-state index contributed by atoms with van der Waals surface area (Å²) in [6, 6.07) is 0. The van der Waals surface area contributed by atoms with Crippen molar-refractivity contribution in [3.63, 3.8) is 0 Å². The third kappa shape index (κ3) is 3.27. The van der Waals surface area contributed by atoms with Crippen LogP contribution in [0.4, 0.5) is 0 Å². The van der Waals surface area contributed by atoms with E-state index in [2.05, 4.69) is 39.5 Å². The fraction of sp³-hybridized carbons (Fsp3) is 1.00. The molecule has 1 aliphatic rings. The largest absolute Gasteiger partial charge is 0.391 e. The molecule has 2 unspecified atom stereocenters. The molecule has 1 N–H and O–H groups in total. The van der Waals surface area contributed by atoms with Gasteiger partial charge in [0.25, 0.3) is 0 Å². The minimum Gasteiger partial charge on any atom is -0.391 e. The summed E-state index contributed by atoms with van der Waals surface area (Å²) >= 11 is 0.